The van der Waals surface area contributed by atoms with Gasteiger partial charge in [0, 0.05) is 65.2 Å². The van der Waals surface area contributed by atoms with Crippen molar-refractivity contribution >= 4 is 53.3 Å². The largest absolute Gasteiger partial charge is 0.439 e. The third-order valence-corrected chi connectivity index (χ3v) is 11.0. The first-order chi connectivity index (χ1) is 34.0. The third kappa shape index (κ3) is 28.8. The first-order valence-electron chi connectivity index (χ1n) is 22.7. The van der Waals surface area contributed by atoms with E-state index in [9.17, 15) is 58.7 Å². The third-order valence-electron chi connectivity index (χ3n) is 9.49. The van der Waals surface area contributed by atoms with Crippen LogP contribution in [0.15, 0.2) is 73.8 Å². The fourth-order valence-corrected chi connectivity index (χ4v) is 6.90. The van der Waals surface area contributed by atoms with Crippen LogP contribution in [0.4, 0.5) is 23.8 Å². The van der Waals surface area contributed by atoms with Crippen molar-refractivity contribution in [1.29, 1.82) is 0 Å². The molecule has 0 unspecified atom stereocenters. The van der Waals surface area contributed by atoms with E-state index in [1.807, 2.05) is 79.7 Å². The molecule has 0 fully saturated rings. The van der Waals surface area contributed by atoms with Crippen molar-refractivity contribution < 1.29 is 56.8 Å². The lowest BCUT2D eigenvalue weighted by Crippen LogP contribution is -2.28. The summed E-state index contributed by atoms with van der Waals surface area (Å²) in [7, 11) is -10.3. The van der Waals surface area contributed by atoms with Crippen molar-refractivity contribution in [2.24, 2.45) is 5.41 Å². The summed E-state index contributed by atoms with van der Waals surface area (Å²) in [6.45, 7) is 27.7. The Hall–Kier alpha value is -5.58. The van der Waals surface area contributed by atoms with E-state index in [1.54, 1.807) is 56.0 Å². The molecule has 1 aromatic carbocycles. The van der Waals surface area contributed by atoms with Crippen molar-refractivity contribution in [3.8, 4) is 5.69 Å². The van der Waals surface area contributed by atoms with Gasteiger partial charge >= 0.3 is 23.8 Å². The van der Waals surface area contributed by atoms with Crippen molar-refractivity contribution in [3.63, 3.8) is 0 Å². The molecule has 0 saturated carbocycles. The first-order valence-corrected chi connectivity index (χ1v) is 32.8. The van der Waals surface area contributed by atoms with Crippen molar-refractivity contribution in [1.82, 2.24) is 38.2 Å². The fraction of sp³-hybridized carbons (Fsp3) is 0.581. The molecule has 0 spiro atoms. The van der Waals surface area contributed by atoms with Crippen LogP contribution in [0.5, 0.6) is 0 Å². The van der Waals surface area contributed by atoms with Crippen molar-refractivity contribution in [3.05, 3.63) is 120 Å². The van der Waals surface area contributed by atoms with Crippen LogP contribution in [-0.2, 0) is 51.4 Å². The average molecular weight is 1140 g/mol. The Balaban J connectivity index is 0.000000920. The van der Waals surface area contributed by atoms with Crippen LogP contribution in [0.25, 0.3) is 5.69 Å². The fourth-order valence-electron chi connectivity index (χ4n) is 5.71. The summed E-state index contributed by atoms with van der Waals surface area (Å²) in [5, 5.41) is 42.9. The first kappa shape index (κ1) is 69.4. The predicted octanol–water partition coefficient (Wildman–Crippen LogP) is 10.2. The predicted molar refractivity (Wildman–Crippen MR) is 288 cm³/mol. The van der Waals surface area contributed by atoms with Crippen molar-refractivity contribution in [2.75, 3.05) is 66.5 Å². The minimum Gasteiger partial charge on any atom is -0.390 e. The average Bonchev–Trinajstić information content (AvgIpc) is 4.09. The smallest absolute Gasteiger partial charge is 0.390 e. The molecular weight excluding hydrogens is 1060 g/mol. The second-order valence-corrected chi connectivity index (χ2v) is 30.4. The van der Waals surface area contributed by atoms with Crippen molar-refractivity contribution in [2.45, 2.75) is 92.3 Å². The van der Waals surface area contributed by atoms with E-state index in [2.05, 4.69) is 19.9 Å². The number of benzene rings is 1. The van der Waals surface area contributed by atoms with Gasteiger partial charge in [-0.2, -0.15) is 4.57 Å². The zero-order valence-electron chi connectivity index (χ0n) is 45.4. The highest BCUT2D eigenvalue weighted by molar-refractivity contribution is 7.57. The van der Waals surface area contributed by atoms with Gasteiger partial charge in [-0.1, -0.05) is 65.8 Å². The summed E-state index contributed by atoms with van der Waals surface area (Å²) in [5.41, 5.74) is 0.734. The standard InChI is InChI=1S/C11H11N3O2.2C10H18N3O4P.C8H13N3O2.2C2H7O2P/c1-2-9-5-3-4-6-10(9)13-8-7-12-11(13)14(15)16;1-10(2,5-8-17-18(3,4)16)12-7-6-11-9(12)13(14)15;1-10(2,8-17-18(3,4)16)7-12-6-5-11-9(12)13(14)15;1-4-8(2,3)10-6-5-9-7(10)11(12)13;2*1-5(2,3)4/h3-8H,2H2,1H3;6-7H,5,8H2,1-4H3;5-6H,7-8H2,1-4H3;5-6H,4H2,1-3H3;2*1-2H3,(H,3,4). The van der Waals surface area contributed by atoms with Gasteiger partial charge in [0.15, 0.2) is 29.5 Å². The van der Waals surface area contributed by atoms with Crippen LogP contribution < -0.4 is 0 Å². The molecule has 32 heteroatoms. The van der Waals surface area contributed by atoms with Gasteiger partial charge in [-0.3, -0.25) is 18.3 Å². The van der Waals surface area contributed by atoms with Gasteiger partial charge < -0.3 is 59.3 Å². The highest BCUT2D eigenvalue weighted by Gasteiger charge is 2.31. The maximum absolute atomic E-state index is 11.5. The Morgan fingerprint density at radius 2 is 0.960 bits per heavy atom. The van der Waals surface area contributed by atoms with E-state index in [1.165, 1.54) is 65.1 Å². The molecule has 75 heavy (non-hydrogen) atoms. The van der Waals surface area contributed by atoms with E-state index in [4.69, 9.17) is 18.8 Å². The van der Waals surface area contributed by atoms with E-state index >= 15 is 0 Å². The molecule has 0 bridgehead atoms. The molecule has 5 rings (SSSR count). The number of aromatic nitrogens is 8. The Bertz CT molecular complexity index is 2780. The van der Waals surface area contributed by atoms with Crippen LogP contribution in [0.1, 0.15) is 73.8 Å². The number of hydrogen-bond acceptors (Lipinski definition) is 18. The molecule has 0 aliphatic rings. The second kappa shape index (κ2) is 29.6. The van der Waals surface area contributed by atoms with Crippen LogP contribution in [0.2, 0.25) is 0 Å². The molecular formula is C43H74N12O16P4. The minimum atomic E-state index is -2.64. The zero-order valence-corrected chi connectivity index (χ0v) is 49.0. The molecule has 5 aromatic rings. The molecule has 422 valence electrons. The van der Waals surface area contributed by atoms with E-state index in [0.717, 1.165) is 24.1 Å². The van der Waals surface area contributed by atoms with Gasteiger partial charge in [0.1, 0.15) is 55.3 Å². The highest BCUT2D eigenvalue weighted by Crippen LogP contribution is 2.40. The molecule has 0 amide bonds. The summed E-state index contributed by atoms with van der Waals surface area (Å²) in [6, 6.07) is 7.59. The summed E-state index contributed by atoms with van der Waals surface area (Å²) >= 11 is 0. The number of nitro groups is 4. The lowest BCUT2D eigenvalue weighted by molar-refractivity contribution is -0.398. The number of para-hydroxylation sites is 1. The van der Waals surface area contributed by atoms with Crippen LogP contribution in [-0.4, -0.2) is 134 Å². The van der Waals surface area contributed by atoms with Crippen LogP contribution >= 0.6 is 29.5 Å². The molecule has 2 N–H and O–H groups in total. The Labute approximate surface area is 436 Å². The van der Waals surface area contributed by atoms with E-state index in [0.29, 0.717) is 13.0 Å². The molecule has 0 radical (unpaired) electrons. The van der Waals surface area contributed by atoms with Gasteiger partial charge in [0.2, 0.25) is 0 Å². The molecule has 4 aromatic heterocycles. The number of imidazole rings is 4. The second-order valence-electron chi connectivity index (χ2n) is 19.7. The molecule has 4 heterocycles. The highest BCUT2D eigenvalue weighted by atomic mass is 31.2. The van der Waals surface area contributed by atoms with Gasteiger partial charge in [-0.15, -0.1) is 0 Å². The summed E-state index contributed by atoms with van der Waals surface area (Å²) in [5.74, 6) is -0.636. The minimum absolute atomic E-state index is 0.0909. The zero-order chi connectivity index (χ0) is 58.6. The summed E-state index contributed by atoms with van der Waals surface area (Å²) < 4.78 is 59.0. The quantitative estimate of drug-likeness (QED) is 0.0467. The summed E-state index contributed by atoms with van der Waals surface area (Å²) in [6.07, 6.45) is 14.2. The molecule has 0 aliphatic carbocycles. The maximum atomic E-state index is 11.5. The Morgan fingerprint density at radius 3 is 1.37 bits per heavy atom. The maximum Gasteiger partial charge on any atom is 0.439 e. The van der Waals surface area contributed by atoms with Crippen LogP contribution in [0.3, 0.4) is 0 Å². The SMILES string of the molecule is CC(C)(CCOP(C)(C)=O)n1ccnc1[N+](=O)[O-].CC(C)(COP(C)(C)=O)Cn1ccnc1[N+](=O)[O-].CCC(C)(C)n1ccnc1[N+](=O)[O-].CCc1ccccc1-n1ccnc1[N+](=O)[O-].CP(C)(=O)O.CP(C)(=O)O. The van der Waals surface area contributed by atoms with Gasteiger partial charge in [0.05, 0.1) is 30.8 Å². The van der Waals surface area contributed by atoms with E-state index in [-0.39, 0.29) is 48.0 Å². The summed E-state index contributed by atoms with van der Waals surface area (Å²) in [4.78, 5) is 71.9. The monoisotopic (exact) mass is 1140 g/mol. The Morgan fingerprint density at radius 1 is 0.573 bits per heavy atom. The molecule has 28 nitrogen and oxygen atoms in total. The number of rotatable bonds is 18. The van der Waals surface area contributed by atoms with Crippen LogP contribution in [0, 0.1) is 45.9 Å². The lowest BCUT2D eigenvalue weighted by Gasteiger charge is -2.24. The van der Waals surface area contributed by atoms with Gasteiger partial charge in [0.25, 0.3) is 0 Å². The number of aryl methyl sites for hydroxylation is 1. The lowest BCUT2D eigenvalue weighted by atomic mass is 9.95. The Kier molecular flexibility index (Phi) is 27.4. The van der Waals surface area contributed by atoms with Gasteiger partial charge in [-0.05, 0) is 71.9 Å². The topological polar surface area (TPSA) is 371 Å². The normalized spacial score (nSPS) is 11.9. The molecule has 0 aliphatic heterocycles. The van der Waals surface area contributed by atoms with E-state index < -0.39 is 54.7 Å². The van der Waals surface area contributed by atoms with Gasteiger partial charge in [-0.25, -0.2) is 13.7 Å². The molecule has 0 saturated heterocycles. The molecule has 0 atom stereocenters. The number of nitrogens with zero attached hydrogens (tertiary/aromatic N) is 12. The number of hydrogen-bond donors (Lipinski definition) is 2.